The molecule has 6 nitrogen and oxygen atoms in total. The molecule has 1 rings (SSSR count). The van der Waals surface area contributed by atoms with E-state index in [-0.39, 0.29) is 18.6 Å². The van der Waals surface area contributed by atoms with Crippen molar-refractivity contribution in [1.29, 1.82) is 0 Å². The van der Waals surface area contributed by atoms with Crippen LogP contribution in [0.15, 0.2) is 0 Å². The van der Waals surface area contributed by atoms with Crippen LogP contribution >= 0.6 is 11.5 Å². The topological polar surface area (TPSA) is 80.5 Å². The summed E-state index contributed by atoms with van der Waals surface area (Å²) in [4.78, 5) is 13.7. The van der Waals surface area contributed by atoms with Gasteiger partial charge in [0.1, 0.15) is 0 Å². The molecule has 0 saturated carbocycles. The summed E-state index contributed by atoms with van der Waals surface area (Å²) in [6.07, 6.45) is 0.0118. The summed E-state index contributed by atoms with van der Waals surface area (Å²) in [6, 6.07) is 0. The molecule has 1 aromatic rings. The van der Waals surface area contributed by atoms with Gasteiger partial charge in [-0.1, -0.05) is 0 Å². The Morgan fingerprint density at radius 3 is 2.63 bits per heavy atom. The van der Waals surface area contributed by atoms with Crippen LogP contribution in [0.2, 0.25) is 0 Å². The SMILES string of the molecule is CCN(CC)C(=O)CNc1snc(N)c1OC(C)C. The fourth-order valence-electron chi connectivity index (χ4n) is 1.60. The Morgan fingerprint density at radius 2 is 2.11 bits per heavy atom. The third-order valence-electron chi connectivity index (χ3n) is 2.54. The minimum absolute atomic E-state index is 0.0118. The maximum atomic E-state index is 11.9. The molecule has 108 valence electrons. The number of nitrogen functional groups attached to an aromatic ring is 1. The normalized spacial score (nSPS) is 10.6. The van der Waals surface area contributed by atoms with Gasteiger partial charge in [-0.25, -0.2) is 0 Å². The molecule has 0 atom stereocenters. The Hall–Kier alpha value is -1.50. The molecule has 1 aromatic heterocycles. The molecule has 19 heavy (non-hydrogen) atoms. The van der Waals surface area contributed by atoms with Crippen molar-refractivity contribution in [3.63, 3.8) is 0 Å². The second-order valence-corrected chi connectivity index (χ2v) is 5.09. The van der Waals surface area contributed by atoms with Crippen molar-refractivity contribution in [2.45, 2.75) is 33.8 Å². The van der Waals surface area contributed by atoms with Crippen LogP contribution in [0.3, 0.4) is 0 Å². The first-order valence-electron chi connectivity index (χ1n) is 6.43. The van der Waals surface area contributed by atoms with Crippen molar-refractivity contribution in [2.75, 3.05) is 30.7 Å². The van der Waals surface area contributed by atoms with E-state index in [1.165, 1.54) is 11.5 Å². The molecule has 0 aromatic carbocycles. The number of hydrogen-bond acceptors (Lipinski definition) is 6. The summed E-state index contributed by atoms with van der Waals surface area (Å²) in [5, 5.41) is 3.75. The number of rotatable bonds is 7. The first-order valence-corrected chi connectivity index (χ1v) is 7.20. The summed E-state index contributed by atoms with van der Waals surface area (Å²) in [7, 11) is 0. The lowest BCUT2D eigenvalue weighted by atomic mass is 10.4. The highest BCUT2D eigenvalue weighted by molar-refractivity contribution is 7.11. The lowest BCUT2D eigenvalue weighted by Crippen LogP contribution is -2.35. The predicted molar refractivity (Wildman–Crippen MR) is 78.7 cm³/mol. The molecule has 0 unspecified atom stereocenters. The molecule has 0 aliphatic heterocycles. The molecule has 0 radical (unpaired) electrons. The maximum absolute atomic E-state index is 11.9. The number of carbonyl (C=O) groups excluding carboxylic acids is 1. The maximum Gasteiger partial charge on any atom is 0.241 e. The first kappa shape index (κ1) is 15.6. The number of nitrogens with two attached hydrogens (primary N) is 1. The van der Waals surface area contributed by atoms with Crippen LogP contribution < -0.4 is 15.8 Å². The Labute approximate surface area is 118 Å². The molecule has 0 fully saturated rings. The van der Waals surface area contributed by atoms with E-state index in [1.807, 2.05) is 27.7 Å². The summed E-state index contributed by atoms with van der Waals surface area (Å²) in [5.74, 6) is 0.941. The molecule has 0 spiro atoms. The average molecular weight is 286 g/mol. The minimum Gasteiger partial charge on any atom is -0.484 e. The highest BCUT2D eigenvalue weighted by atomic mass is 32.1. The highest BCUT2D eigenvalue weighted by Crippen LogP contribution is 2.35. The third kappa shape index (κ3) is 4.27. The fraction of sp³-hybridized carbons (Fsp3) is 0.667. The standard InChI is InChI=1S/C12H22N4O2S/c1-5-16(6-2)9(17)7-14-12-10(18-8(3)4)11(13)15-19-12/h8,14H,5-7H2,1-4H3,(H2,13,15). The Morgan fingerprint density at radius 1 is 1.47 bits per heavy atom. The third-order valence-corrected chi connectivity index (χ3v) is 3.34. The lowest BCUT2D eigenvalue weighted by Gasteiger charge is -2.19. The van der Waals surface area contributed by atoms with Gasteiger partial charge in [-0.05, 0) is 39.2 Å². The quantitative estimate of drug-likeness (QED) is 0.799. The van der Waals surface area contributed by atoms with Crippen molar-refractivity contribution in [3.05, 3.63) is 0 Å². The van der Waals surface area contributed by atoms with Gasteiger partial charge >= 0.3 is 0 Å². The van der Waals surface area contributed by atoms with Gasteiger partial charge in [0.15, 0.2) is 16.6 Å². The number of carbonyl (C=O) groups is 1. The Kier molecular flexibility index (Phi) is 5.88. The minimum atomic E-state index is 0.0118. The first-order chi connectivity index (χ1) is 8.99. The van der Waals surface area contributed by atoms with E-state index in [1.54, 1.807) is 4.90 Å². The summed E-state index contributed by atoms with van der Waals surface area (Å²) in [6.45, 7) is 9.38. The predicted octanol–water partition coefficient (Wildman–Crippen LogP) is 1.79. The van der Waals surface area contributed by atoms with E-state index in [2.05, 4.69) is 9.69 Å². The highest BCUT2D eigenvalue weighted by Gasteiger charge is 2.16. The molecule has 0 aliphatic carbocycles. The zero-order valence-electron chi connectivity index (χ0n) is 11.9. The smallest absolute Gasteiger partial charge is 0.241 e. The van der Waals surface area contributed by atoms with Crippen LogP contribution in [0.4, 0.5) is 10.8 Å². The molecule has 3 N–H and O–H groups in total. The largest absolute Gasteiger partial charge is 0.484 e. The Balaban J connectivity index is 2.65. The monoisotopic (exact) mass is 286 g/mol. The van der Waals surface area contributed by atoms with Crippen LogP contribution in [-0.4, -0.2) is 40.9 Å². The van der Waals surface area contributed by atoms with Gasteiger partial charge in [-0.2, -0.15) is 4.37 Å². The number of nitrogens with zero attached hydrogens (tertiary/aromatic N) is 2. The molecule has 0 aliphatic rings. The molecule has 0 bridgehead atoms. The number of hydrogen-bond donors (Lipinski definition) is 2. The average Bonchev–Trinajstić information content (AvgIpc) is 2.69. The van der Waals surface area contributed by atoms with Crippen molar-refractivity contribution >= 4 is 28.3 Å². The van der Waals surface area contributed by atoms with Gasteiger partial charge in [-0.3, -0.25) is 4.79 Å². The number of ether oxygens (including phenoxy) is 1. The van der Waals surface area contributed by atoms with E-state index < -0.39 is 0 Å². The van der Waals surface area contributed by atoms with Crippen LogP contribution in [0, 0.1) is 0 Å². The Bertz CT molecular complexity index is 416. The number of nitrogens with one attached hydrogen (secondary N) is 1. The van der Waals surface area contributed by atoms with Gasteiger partial charge in [0, 0.05) is 13.1 Å². The molecular weight excluding hydrogens is 264 g/mol. The van der Waals surface area contributed by atoms with Crippen molar-refractivity contribution in [3.8, 4) is 5.75 Å². The molecule has 1 amide bonds. The summed E-state index contributed by atoms with van der Waals surface area (Å²) < 4.78 is 9.64. The zero-order chi connectivity index (χ0) is 14.4. The van der Waals surface area contributed by atoms with Crippen LogP contribution in [0.25, 0.3) is 0 Å². The van der Waals surface area contributed by atoms with Crippen LogP contribution in [0.5, 0.6) is 5.75 Å². The number of likely N-dealkylation sites (N-methyl/N-ethyl adjacent to an activating group) is 1. The molecule has 7 heteroatoms. The number of amides is 1. The second kappa shape index (κ2) is 7.18. The van der Waals surface area contributed by atoms with Gasteiger partial charge in [0.25, 0.3) is 0 Å². The summed E-state index contributed by atoms with van der Waals surface area (Å²) >= 11 is 1.21. The number of anilines is 2. The van der Waals surface area contributed by atoms with E-state index in [4.69, 9.17) is 10.5 Å². The van der Waals surface area contributed by atoms with Crippen LogP contribution in [0.1, 0.15) is 27.7 Å². The van der Waals surface area contributed by atoms with E-state index in [0.717, 1.165) is 0 Å². The van der Waals surface area contributed by atoms with E-state index >= 15 is 0 Å². The fourth-order valence-corrected chi connectivity index (χ4v) is 2.25. The van der Waals surface area contributed by atoms with Gasteiger partial charge < -0.3 is 20.7 Å². The second-order valence-electron chi connectivity index (χ2n) is 4.31. The van der Waals surface area contributed by atoms with Crippen molar-refractivity contribution < 1.29 is 9.53 Å². The van der Waals surface area contributed by atoms with Crippen LogP contribution in [-0.2, 0) is 4.79 Å². The molecule has 1 heterocycles. The lowest BCUT2D eigenvalue weighted by molar-refractivity contribution is -0.128. The van der Waals surface area contributed by atoms with Gasteiger partial charge in [0.05, 0.1) is 12.6 Å². The van der Waals surface area contributed by atoms with E-state index in [0.29, 0.717) is 29.7 Å². The van der Waals surface area contributed by atoms with E-state index in [9.17, 15) is 4.79 Å². The van der Waals surface area contributed by atoms with Crippen molar-refractivity contribution in [2.24, 2.45) is 0 Å². The van der Waals surface area contributed by atoms with Gasteiger partial charge in [0.2, 0.25) is 5.91 Å². The van der Waals surface area contributed by atoms with Crippen molar-refractivity contribution in [1.82, 2.24) is 9.27 Å². The zero-order valence-corrected chi connectivity index (χ0v) is 12.7. The van der Waals surface area contributed by atoms with Gasteiger partial charge in [-0.15, -0.1) is 0 Å². The molecule has 0 saturated heterocycles. The summed E-state index contributed by atoms with van der Waals surface area (Å²) in [5.41, 5.74) is 5.75. The molecular formula is C12H22N4O2S. The number of aromatic nitrogens is 1.